The van der Waals surface area contributed by atoms with Gasteiger partial charge in [-0.05, 0) is 24.3 Å². The third-order valence-electron chi connectivity index (χ3n) is 3.98. The van der Waals surface area contributed by atoms with Crippen LogP contribution < -0.4 is 5.32 Å². The Bertz CT molecular complexity index is 971. The molecule has 1 aliphatic heterocycles. The average Bonchev–Trinajstić information content (AvgIpc) is 3.35. The largest absolute Gasteiger partial charge is 0.382 e. The number of hydrogen-bond donors (Lipinski definition) is 1. The molecule has 0 saturated heterocycles. The molecule has 7 nitrogen and oxygen atoms in total. The van der Waals surface area contributed by atoms with Crippen LogP contribution in [0.25, 0.3) is 5.69 Å². The summed E-state index contributed by atoms with van der Waals surface area (Å²) in [5.41, 5.74) is 2.93. The van der Waals surface area contributed by atoms with E-state index in [1.165, 1.54) is 0 Å². The number of rotatable bonds is 4. The van der Waals surface area contributed by atoms with E-state index in [0.717, 1.165) is 11.3 Å². The maximum Gasteiger partial charge on any atom is 0.268 e. The van der Waals surface area contributed by atoms with Gasteiger partial charge < -0.3 is 10.2 Å². The van der Waals surface area contributed by atoms with Crippen molar-refractivity contribution in [2.75, 3.05) is 5.32 Å². The molecule has 1 aromatic heterocycles. The van der Waals surface area contributed by atoms with Crippen LogP contribution in [0.15, 0.2) is 66.3 Å². The number of nitrogens with zero attached hydrogens (tertiary/aromatic N) is 4. The molecule has 0 unspecified atom stereocenters. The summed E-state index contributed by atoms with van der Waals surface area (Å²) < 4.78 is 1.75. The Balaban J connectivity index is 1.44. The maximum atomic E-state index is 12.5. The number of benzene rings is 2. The predicted molar refractivity (Wildman–Crippen MR) is 97.5 cm³/mol. The first-order valence-electron chi connectivity index (χ1n) is 7.94. The van der Waals surface area contributed by atoms with E-state index in [9.17, 15) is 4.79 Å². The van der Waals surface area contributed by atoms with E-state index in [-0.39, 0.29) is 5.91 Å². The van der Waals surface area contributed by atoms with Crippen LogP contribution in [-0.4, -0.2) is 32.5 Å². The van der Waals surface area contributed by atoms with Gasteiger partial charge in [-0.2, -0.15) is 0 Å². The Morgan fingerprint density at radius 3 is 2.77 bits per heavy atom. The van der Waals surface area contributed by atoms with Gasteiger partial charge in [-0.3, -0.25) is 9.36 Å². The van der Waals surface area contributed by atoms with Crippen molar-refractivity contribution in [1.82, 2.24) is 14.8 Å². The molecule has 0 fully saturated rings. The van der Waals surface area contributed by atoms with Gasteiger partial charge in [0, 0.05) is 22.7 Å². The summed E-state index contributed by atoms with van der Waals surface area (Å²) >= 11 is 6.18. The van der Waals surface area contributed by atoms with Gasteiger partial charge in [-0.25, -0.2) is 0 Å². The lowest BCUT2D eigenvalue weighted by Crippen LogP contribution is -2.28. The fourth-order valence-electron chi connectivity index (χ4n) is 2.67. The third kappa shape index (κ3) is 3.29. The second-order valence-corrected chi connectivity index (χ2v) is 6.13. The number of carbonyl (C=O) groups is 1. The molecule has 0 bridgehead atoms. The Labute approximate surface area is 154 Å². The summed E-state index contributed by atoms with van der Waals surface area (Å²) in [7, 11) is 0. The topological polar surface area (TPSA) is 81.4 Å². The first-order valence-corrected chi connectivity index (χ1v) is 8.32. The zero-order valence-corrected chi connectivity index (χ0v) is 14.3. The monoisotopic (exact) mass is 367 g/mol. The number of anilines is 1. The smallest absolute Gasteiger partial charge is 0.268 e. The van der Waals surface area contributed by atoms with E-state index in [2.05, 4.69) is 20.7 Å². The van der Waals surface area contributed by atoms with Crippen LogP contribution in [-0.2, 0) is 9.63 Å². The zero-order chi connectivity index (χ0) is 17.9. The molecule has 1 aliphatic rings. The quantitative estimate of drug-likeness (QED) is 0.768. The Morgan fingerprint density at radius 2 is 1.96 bits per heavy atom. The predicted octanol–water partition coefficient (Wildman–Crippen LogP) is 3.05. The van der Waals surface area contributed by atoms with E-state index < -0.39 is 6.10 Å². The zero-order valence-electron chi connectivity index (χ0n) is 13.5. The molecule has 2 heterocycles. The number of aromatic nitrogens is 3. The minimum atomic E-state index is -0.695. The first kappa shape index (κ1) is 16.3. The Morgan fingerprint density at radius 1 is 1.15 bits per heavy atom. The van der Waals surface area contributed by atoms with E-state index in [1.54, 1.807) is 29.4 Å². The molecule has 3 aromatic rings. The lowest BCUT2D eigenvalue weighted by Gasteiger charge is -2.11. The maximum absolute atomic E-state index is 12.5. The Kier molecular flexibility index (Phi) is 4.37. The molecule has 0 saturated carbocycles. The molecule has 1 amide bonds. The van der Waals surface area contributed by atoms with Crippen molar-refractivity contribution >= 4 is 28.9 Å². The summed E-state index contributed by atoms with van der Waals surface area (Å²) in [6, 6.07) is 14.7. The van der Waals surface area contributed by atoms with Crippen LogP contribution in [0.2, 0.25) is 5.02 Å². The molecular weight excluding hydrogens is 354 g/mol. The summed E-state index contributed by atoms with van der Waals surface area (Å²) in [5.74, 6) is -0.267. The van der Waals surface area contributed by atoms with E-state index in [0.29, 0.717) is 22.8 Å². The van der Waals surface area contributed by atoms with Gasteiger partial charge in [0.2, 0.25) is 6.10 Å². The van der Waals surface area contributed by atoms with Gasteiger partial charge >= 0.3 is 0 Å². The third-order valence-corrected chi connectivity index (χ3v) is 4.31. The van der Waals surface area contributed by atoms with Gasteiger partial charge in [0.25, 0.3) is 5.91 Å². The number of oxime groups is 1. The summed E-state index contributed by atoms with van der Waals surface area (Å²) in [4.78, 5) is 17.8. The lowest BCUT2D eigenvalue weighted by molar-refractivity contribution is -0.125. The first-order chi connectivity index (χ1) is 12.7. The van der Waals surface area contributed by atoms with Crippen LogP contribution in [0.3, 0.4) is 0 Å². The molecule has 130 valence electrons. The highest BCUT2D eigenvalue weighted by atomic mass is 35.5. The van der Waals surface area contributed by atoms with Crippen LogP contribution in [0, 0.1) is 0 Å². The van der Waals surface area contributed by atoms with Crippen molar-refractivity contribution in [1.29, 1.82) is 0 Å². The van der Waals surface area contributed by atoms with E-state index in [4.69, 9.17) is 16.4 Å². The number of nitrogens with one attached hydrogen (secondary N) is 1. The van der Waals surface area contributed by atoms with Crippen molar-refractivity contribution in [3.8, 4) is 5.69 Å². The minimum absolute atomic E-state index is 0.267. The van der Waals surface area contributed by atoms with Crippen LogP contribution >= 0.6 is 11.6 Å². The highest BCUT2D eigenvalue weighted by Gasteiger charge is 2.29. The summed E-state index contributed by atoms with van der Waals surface area (Å²) in [6.07, 6.45) is 2.84. The fourth-order valence-corrected chi connectivity index (χ4v) is 2.92. The number of halogens is 1. The molecule has 1 N–H and O–H groups in total. The molecule has 0 spiro atoms. The molecule has 0 radical (unpaired) electrons. The van der Waals surface area contributed by atoms with Crippen molar-refractivity contribution in [3.05, 3.63) is 71.8 Å². The Hall–Kier alpha value is -3.19. The molecule has 0 aliphatic carbocycles. The van der Waals surface area contributed by atoms with Gasteiger partial charge in [0.15, 0.2) is 0 Å². The van der Waals surface area contributed by atoms with Gasteiger partial charge in [0.1, 0.15) is 12.7 Å². The minimum Gasteiger partial charge on any atom is -0.382 e. The van der Waals surface area contributed by atoms with Crippen LogP contribution in [0.4, 0.5) is 5.69 Å². The second-order valence-electron chi connectivity index (χ2n) is 5.72. The molecule has 26 heavy (non-hydrogen) atoms. The summed E-state index contributed by atoms with van der Waals surface area (Å²) in [5, 5.41) is 15.0. The van der Waals surface area contributed by atoms with Gasteiger partial charge in [-0.15, -0.1) is 10.2 Å². The average molecular weight is 368 g/mol. The van der Waals surface area contributed by atoms with Crippen molar-refractivity contribution < 1.29 is 9.63 Å². The molecule has 4 rings (SSSR count). The second kappa shape index (κ2) is 6.97. The molecular formula is C18H14ClN5O2. The van der Waals surface area contributed by atoms with Crippen LogP contribution in [0.5, 0.6) is 0 Å². The molecule has 8 heteroatoms. The van der Waals surface area contributed by atoms with Gasteiger partial charge in [-0.1, -0.05) is 41.0 Å². The van der Waals surface area contributed by atoms with E-state index >= 15 is 0 Å². The van der Waals surface area contributed by atoms with Crippen LogP contribution in [0.1, 0.15) is 12.0 Å². The van der Waals surface area contributed by atoms with Crippen molar-refractivity contribution in [2.24, 2.45) is 5.16 Å². The highest BCUT2D eigenvalue weighted by molar-refractivity contribution is 6.34. The van der Waals surface area contributed by atoms with Crippen molar-refractivity contribution in [3.63, 3.8) is 0 Å². The number of carbonyl (C=O) groups excluding carboxylic acids is 1. The van der Waals surface area contributed by atoms with E-state index in [1.807, 2.05) is 36.4 Å². The molecule has 2 aromatic carbocycles. The van der Waals surface area contributed by atoms with Crippen molar-refractivity contribution in [2.45, 2.75) is 12.5 Å². The SMILES string of the molecule is O=C(Nc1cccc(-n2cnnc2)c1)[C@@H]1CC(c2ccccc2Cl)=NO1. The standard InChI is InChI=1S/C18H14ClN5O2/c19-15-7-2-1-6-14(15)16-9-17(26-23-16)18(25)22-12-4-3-5-13(8-12)24-10-20-21-11-24/h1-8,10-11,17H,9H2,(H,22,25)/t17-/m0/s1. The summed E-state index contributed by atoms with van der Waals surface area (Å²) in [6.45, 7) is 0. The number of hydrogen-bond acceptors (Lipinski definition) is 5. The molecule has 1 atom stereocenters. The number of amides is 1. The van der Waals surface area contributed by atoms with Gasteiger partial charge in [0.05, 0.1) is 11.4 Å². The fraction of sp³-hybridized carbons (Fsp3) is 0.111. The highest BCUT2D eigenvalue weighted by Crippen LogP contribution is 2.24. The lowest BCUT2D eigenvalue weighted by atomic mass is 10.0. The normalized spacial score (nSPS) is 16.0.